The predicted octanol–water partition coefficient (Wildman–Crippen LogP) is 3.42. The molecule has 25 heavy (non-hydrogen) atoms. The molecular weight excluding hydrogens is 356 g/mol. The summed E-state index contributed by atoms with van der Waals surface area (Å²) in [7, 11) is -3.20. The smallest absolute Gasteiger partial charge is 0.214 e. The number of hydrogen-bond donors (Lipinski definition) is 0. The average molecular weight is 379 g/mol. The number of nitrogens with zero attached hydrogens (tertiary/aromatic N) is 2. The molecule has 134 valence electrons. The van der Waals surface area contributed by atoms with E-state index in [1.165, 1.54) is 5.56 Å². The summed E-state index contributed by atoms with van der Waals surface area (Å²) in [4.78, 5) is 2.15. The molecule has 0 bridgehead atoms. The fourth-order valence-electron chi connectivity index (χ4n) is 3.15. The van der Waals surface area contributed by atoms with Crippen molar-refractivity contribution in [2.75, 3.05) is 36.8 Å². The first kappa shape index (κ1) is 18.2. The molecule has 0 amide bonds. The second-order valence-electron chi connectivity index (χ2n) is 6.24. The van der Waals surface area contributed by atoms with E-state index in [4.69, 9.17) is 11.6 Å². The van der Waals surface area contributed by atoms with Crippen molar-refractivity contribution in [3.8, 4) is 0 Å². The van der Waals surface area contributed by atoms with E-state index < -0.39 is 10.0 Å². The van der Waals surface area contributed by atoms with Crippen LogP contribution in [0.4, 0.5) is 5.69 Å². The van der Waals surface area contributed by atoms with E-state index in [0.717, 1.165) is 12.1 Å². The summed E-state index contributed by atoms with van der Waals surface area (Å²) in [5.74, 6) is 0.202. The molecule has 0 spiro atoms. The van der Waals surface area contributed by atoms with Gasteiger partial charge in [0, 0.05) is 26.2 Å². The Morgan fingerprint density at radius 3 is 2.20 bits per heavy atom. The zero-order valence-corrected chi connectivity index (χ0v) is 15.7. The zero-order valence-electron chi connectivity index (χ0n) is 14.1. The highest BCUT2D eigenvalue weighted by atomic mass is 35.5. The summed E-state index contributed by atoms with van der Waals surface area (Å²) in [6, 6.07) is 17.7. The van der Waals surface area contributed by atoms with Crippen molar-refractivity contribution in [3.63, 3.8) is 0 Å². The first-order valence-electron chi connectivity index (χ1n) is 8.57. The Labute approximate surface area is 155 Å². The van der Waals surface area contributed by atoms with Crippen LogP contribution in [0.1, 0.15) is 12.0 Å². The minimum atomic E-state index is -3.20. The van der Waals surface area contributed by atoms with E-state index >= 15 is 0 Å². The molecule has 1 aliphatic heterocycles. The van der Waals surface area contributed by atoms with Gasteiger partial charge in [-0.25, -0.2) is 8.42 Å². The van der Waals surface area contributed by atoms with Crippen LogP contribution in [0.3, 0.4) is 0 Å². The lowest BCUT2D eigenvalue weighted by Gasteiger charge is -2.35. The average Bonchev–Trinajstić information content (AvgIpc) is 2.63. The Morgan fingerprint density at radius 2 is 1.52 bits per heavy atom. The number of benzene rings is 2. The van der Waals surface area contributed by atoms with E-state index in [-0.39, 0.29) is 5.75 Å². The molecule has 1 heterocycles. The third-order valence-electron chi connectivity index (χ3n) is 4.54. The number of sulfonamides is 1. The lowest BCUT2D eigenvalue weighted by Crippen LogP contribution is -2.49. The van der Waals surface area contributed by atoms with Crippen LogP contribution >= 0.6 is 11.6 Å². The van der Waals surface area contributed by atoms with Crippen LogP contribution in [0.5, 0.6) is 0 Å². The Balaban J connectivity index is 1.52. The van der Waals surface area contributed by atoms with Gasteiger partial charge in [-0.15, -0.1) is 0 Å². The standard InChI is InChI=1S/C19H23ClN2O2S/c20-18-10-4-5-11-19(18)21-12-14-22(15-13-21)25(23,24)16-6-9-17-7-2-1-3-8-17/h1-5,7-8,10-11H,6,9,12-16H2. The second kappa shape index (κ2) is 8.21. The van der Waals surface area contributed by atoms with Gasteiger partial charge >= 0.3 is 0 Å². The van der Waals surface area contributed by atoms with E-state index in [1.807, 2.05) is 54.6 Å². The zero-order chi connectivity index (χ0) is 17.7. The number of piperazine rings is 1. The van der Waals surface area contributed by atoms with Crippen molar-refractivity contribution < 1.29 is 8.42 Å². The highest BCUT2D eigenvalue weighted by molar-refractivity contribution is 7.89. The van der Waals surface area contributed by atoms with Crippen molar-refractivity contribution in [1.29, 1.82) is 0 Å². The lowest BCUT2D eigenvalue weighted by atomic mass is 10.1. The molecule has 1 aliphatic rings. The lowest BCUT2D eigenvalue weighted by molar-refractivity contribution is 0.384. The van der Waals surface area contributed by atoms with Crippen LogP contribution in [0.2, 0.25) is 5.02 Å². The maximum absolute atomic E-state index is 12.6. The van der Waals surface area contributed by atoms with Crippen molar-refractivity contribution in [2.24, 2.45) is 0 Å². The van der Waals surface area contributed by atoms with Gasteiger partial charge in [-0.05, 0) is 30.5 Å². The summed E-state index contributed by atoms with van der Waals surface area (Å²) in [5.41, 5.74) is 2.16. The Kier molecular flexibility index (Phi) is 5.99. The number of halogens is 1. The number of aryl methyl sites for hydroxylation is 1. The molecule has 1 saturated heterocycles. The maximum atomic E-state index is 12.6. The number of anilines is 1. The molecule has 1 fully saturated rings. The fourth-order valence-corrected chi connectivity index (χ4v) is 4.89. The van der Waals surface area contributed by atoms with Crippen LogP contribution in [-0.4, -0.2) is 44.7 Å². The molecule has 3 rings (SSSR count). The Hall–Kier alpha value is -1.56. The first-order chi connectivity index (χ1) is 12.1. The number of para-hydroxylation sites is 1. The van der Waals surface area contributed by atoms with Gasteiger partial charge in [-0.2, -0.15) is 4.31 Å². The minimum Gasteiger partial charge on any atom is -0.368 e. The van der Waals surface area contributed by atoms with E-state index in [2.05, 4.69) is 4.90 Å². The van der Waals surface area contributed by atoms with Crippen LogP contribution < -0.4 is 4.90 Å². The normalized spacial score (nSPS) is 16.1. The van der Waals surface area contributed by atoms with Crippen molar-refractivity contribution in [3.05, 3.63) is 65.2 Å². The summed E-state index contributed by atoms with van der Waals surface area (Å²) >= 11 is 6.24. The molecule has 2 aromatic rings. The van der Waals surface area contributed by atoms with Gasteiger partial charge in [0.15, 0.2) is 0 Å². The van der Waals surface area contributed by atoms with Crippen LogP contribution in [-0.2, 0) is 16.4 Å². The van der Waals surface area contributed by atoms with Gasteiger partial charge in [0.05, 0.1) is 16.5 Å². The largest absolute Gasteiger partial charge is 0.368 e. The Morgan fingerprint density at radius 1 is 0.880 bits per heavy atom. The number of hydrogen-bond acceptors (Lipinski definition) is 3. The predicted molar refractivity (Wildman–Crippen MR) is 104 cm³/mol. The monoisotopic (exact) mass is 378 g/mol. The SMILES string of the molecule is O=S(=O)(CCCc1ccccc1)N1CCN(c2ccccc2Cl)CC1. The van der Waals surface area contributed by atoms with Crippen LogP contribution in [0.25, 0.3) is 0 Å². The Bertz CT molecular complexity index is 788. The molecule has 0 N–H and O–H groups in total. The molecular formula is C19H23ClN2O2S. The van der Waals surface area contributed by atoms with Crippen molar-refractivity contribution >= 4 is 27.3 Å². The summed E-state index contributed by atoms with van der Waals surface area (Å²) in [6.45, 7) is 2.36. The van der Waals surface area contributed by atoms with Crippen molar-refractivity contribution in [1.82, 2.24) is 4.31 Å². The molecule has 0 radical (unpaired) electrons. The van der Waals surface area contributed by atoms with Gasteiger partial charge in [-0.3, -0.25) is 0 Å². The molecule has 0 aromatic heterocycles. The van der Waals surface area contributed by atoms with E-state index in [1.54, 1.807) is 4.31 Å². The first-order valence-corrected chi connectivity index (χ1v) is 10.6. The van der Waals surface area contributed by atoms with Gasteiger partial charge in [-0.1, -0.05) is 54.1 Å². The summed E-state index contributed by atoms with van der Waals surface area (Å²) < 4.78 is 26.8. The highest BCUT2D eigenvalue weighted by Crippen LogP contribution is 2.26. The molecule has 4 nitrogen and oxygen atoms in total. The maximum Gasteiger partial charge on any atom is 0.214 e. The second-order valence-corrected chi connectivity index (χ2v) is 8.74. The van der Waals surface area contributed by atoms with Gasteiger partial charge in [0.2, 0.25) is 10.0 Å². The molecule has 6 heteroatoms. The molecule has 2 aromatic carbocycles. The highest BCUT2D eigenvalue weighted by Gasteiger charge is 2.27. The third kappa shape index (κ3) is 4.75. The van der Waals surface area contributed by atoms with Gasteiger partial charge in [0.1, 0.15) is 0 Å². The van der Waals surface area contributed by atoms with Gasteiger partial charge < -0.3 is 4.90 Å². The fraction of sp³-hybridized carbons (Fsp3) is 0.368. The summed E-state index contributed by atoms with van der Waals surface area (Å²) in [6.07, 6.45) is 1.44. The topological polar surface area (TPSA) is 40.6 Å². The summed E-state index contributed by atoms with van der Waals surface area (Å²) in [5, 5.41) is 0.710. The number of rotatable bonds is 6. The molecule has 0 unspecified atom stereocenters. The van der Waals surface area contributed by atoms with E-state index in [9.17, 15) is 8.42 Å². The minimum absolute atomic E-state index is 0.202. The van der Waals surface area contributed by atoms with Gasteiger partial charge in [0.25, 0.3) is 0 Å². The quantitative estimate of drug-likeness (QED) is 0.773. The third-order valence-corrected chi connectivity index (χ3v) is 6.81. The van der Waals surface area contributed by atoms with Crippen LogP contribution in [0.15, 0.2) is 54.6 Å². The molecule has 0 atom stereocenters. The molecule has 0 aliphatic carbocycles. The van der Waals surface area contributed by atoms with Crippen molar-refractivity contribution in [2.45, 2.75) is 12.8 Å². The van der Waals surface area contributed by atoms with E-state index in [0.29, 0.717) is 37.6 Å². The van der Waals surface area contributed by atoms with Crippen LogP contribution in [0, 0.1) is 0 Å². The molecule has 0 saturated carbocycles.